The van der Waals surface area contributed by atoms with Gasteiger partial charge in [-0.05, 0) is 25.7 Å². The molecule has 21 heavy (non-hydrogen) atoms. The molecule has 2 fully saturated rings. The molecule has 5 N–H and O–H groups in total. The van der Waals surface area contributed by atoms with E-state index < -0.39 is 24.0 Å². The molecule has 0 aromatic carbocycles. The highest BCUT2D eigenvalue weighted by Crippen LogP contribution is 2.45. The molecule has 2 aliphatic rings. The molecule has 1 aliphatic carbocycles. The third-order valence-corrected chi connectivity index (χ3v) is 4.46. The number of nitrogens with zero attached hydrogens (tertiary/aromatic N) is 1. The van der Waals surface area contributed by atoms with E-state index in [1.54, 1.807) is 0 Å². The molecule has 0 radical (unpaired) electrons. The molecule has 0 aromatic rings. The maximum atomic E-state index is 12.3. The molecule has 2 rings (SSSR count). The fraction of sp³-hybridized carbons (Fsp3) is 0.769. The number of nitrogens with two attached hydrogens (primary N) is 1. The van der Waals surface area contributed by atoms with E-state index in [9.17, 15) is 14.4 Å². The zero-order valence-corrected chi connectivity index (χ0v) is 12.1. The van der Waals surface area contributed by atoms with Crippen LogP contribution >= 0.6 is 0 Å². The first-order chi connectivity index (χ1) is 9.89. The topological polar surface area (TPSA) is 125 Å². The van der Waals surface area contributed by atoms with Gasteiger partial charge in [0, 0.05) is 19.5 Å². The fourth-order valence-corrected chi connectivity index (χ4v) is 3.16. The van der Waals surface area contributed by atoms with E-state index in [0.29, 0.717) is 19.4 Å². The summed E-state index contributed by atoms with van der Waals surface area (Å²) in [6.45, 7) is 1.46. The minimum Gasteiger partial charge on any atom is -0.394 e. The van der Waals surface area contributed by atoms with Crippen LogP contribution in [0.2, 0.25) is 0 Å². The second-order valence-corrected chi connectivity index (χ2v) is 5.91. The van der Waals surface area contributed by atoms with Gasteiger partial charge in [0.1, 0.15) is 6.04 Å². The zero-order chi connectivity index (χ0) is 15.6. The molecular formula is C13H22N4O4. The van der Waals surface area contributed by atoms with Crippen molar-refractivity contribution in [2.45, 2.75) is 44.7 Å². The molecule has 0 bridgehead atoms. The summed E-state index contributed by atoms with van der Waals surface area (Å²) in [6.07, 6.45) is 2.97. The molecule has 0 unspecified atom stereocenters. The lowest BCUT2D eigenvalue weighted by Gasteiger charge is -2.53. The standard InChI is InChI=1S/C13H22N4O4/c1-8(19)15-16-9-2-4-13(5-3-9)7-17(12(13)21)10(6-18)11(14)20/h9-10,16,18H,2-7H2,1H3,(H2,14,20)(H,15,19)/t9?,10-,13?/m0/s1. The molecule has 3 amide bonds. The summed E-state index contributed by atoms with van der Waals surface area (Å²) in [5.74, 6) is -0.923. The Kier molecular flexibility index (Phi) is 4.48. The van der Waals surface area contributed by atoms with E-state index in [0.717, 1.165) is 12.8 Å². The number of primary amides is 1. The van der Waals surface area contributed by atoms with Crippen LogP contribution in [0.4, 0.5) is 0 Å². The van der Waals surface area contributed by atoms with Crippen LogP contribution in [-0.2, 0) is 14.4 Å². The van der Waals surface area contributed by atoms with Gasteiger partial charge in [0.25, 0.3) is 0 Å². The van der Waals surface area contributed by atoms with Gasteiger partial charge < -0.3 is 15.7 Å². The first-order valence-corrected chi connectivity index (χ1v) is 7.13. The molecule has 1 heterocycles. The summed E-state index contributed by atoms with van der Waals surface area (Å²) in [5, 5.41) is 9.16. The zero-order valence-electron chi connectivity index (χ0n) is 12.1. The number of carbonyl (C=O) groups is 3. The number of hydrogen-bond donors (Lipinski definition) is 4. The van der Waals surface area contributed by atoms with E-state index >= 15 is 0 Å². The van der Waals surface area contributed by atoms with Gasteiger partial charge in [-0.15, -0.1) is 0 Å². The quantitative estimate of drug-likeness (QED) is 0.354. The molecule has 1 saturated carbocycles. The lowest BCUT2D eigenvalue weighted by Crippen LogP contribution is -2.68. The van der Waals surface area contributed by atoms with Crippen molar-refractivity contribution in [3.8, 4) is 0 Å². The van der Waals surface area contributed by atoms with Gasteiger partial charge in [-0.1, -0.05) is 0 Å². The molecule has 8 heteroatoms. The largest absolute Gasteiger partial charge is 0.394 e. The number of amides is 3. The van der Waals surface area contributed by atoms with Gasteiger partial charge >= 0.3 is 0 Å². The number of aliphatic hydroxyl groups is 1. The summed E-state index contributed by atoms with van der Waals surface area (Å²) >= 11 is 0. The van der Waals surface area contributed by atoms with Crippen molar-refractivity contribution in [1.82, 2.24) is 15.8 Å². The summed E-state index contributed by atoms with van der Waals surface area (Å²) in [5.41, 5.74) is 10.3. The van der Waals surface area contributed by atoms with Crippen molar-refractivity contribution in [2.24, 2.45) is 11.1 Å². The van der Waals surface area contributed by atoms with Crippen molar-refractivity contribution in [1.29, 1.82) is 0 Å². The van der Waals surface area contributed by atoms with Crippen LogP contribution in [0.3, 0.4) is 0 Å². The lowest BCUT2D eigenvalue weighted by atomic mass is 9.66. The molecule has 1 saturated heterocycles. The molecule has 1 aliphatic heterocycles. The van der Waals surface area contributed by atoms with E-state index in [2.05, 4.69) is 10.9 Å². The Hall–Kier alpha value is -1.67. The van der Waals surface area contributed by atoms with Crippen LogP contribution in [0.5, 0.6) is 0 Å². The van der Waals surface area contributed by atoms with Crippen molar-refractivity contribution in [3.05, 3.63) is 0 Å². The maximum absolute atomic E-state index is 12.3. The number of aliphatic hydroxyl groups excluding tert-OH is 1. The van der Waals surface area contributed by atoms with E-state index in [1.165, 1.54) is 11.8 Å². The predicted molar refractivity (Wildman–Crippen MR) is 73.4 cm³/mol. The van der Waals surface area contributed by atoms with Gasteiger partial charge in [0.15, 0.2) is 0 Å². The predicted octanol–water partition coefficient (Wildman–Crippen LogP) is -1.76. The Morgan fingerprint density at radius 2 is 2.10 bits per heavy atom. The van der Waals surface area contributed by atoms with Crippen LogP contribution in [0, 0.1) is 5.41 Å². The lowest BCUT2D eigenvalue weighted by molar-refractivity contribution is -0.172. The molecule has 0 aromatic heterocycles. The van der Waals surface area contributed by atoms with Crippen LogP contribution in [0.15, 0.2) is 0 Å². The van der Waals surface area contributed by atoms with E-state index in [4.69, 9.17) is 10.8 Å². The van der Waals surface area contributed by atoms with Gasteiger partial charge in [0.2, 0.25) is 17.7 Å². The van der Waals surface area contributed by atoms with Crippen LogP contribution in [-0.4, -0.2) is 53.0 Å². The van der Waals surface area contributed by atoms with Gasteiger partial charge in [-0.3, -0.25) is 19.8 Å². The minimum atomic E-state index is -0.918. The normalized spacial score (nSPS) is 29.9. The monoisotopic (exact) mass is 298 g/mol. The number of carbonyl (C=O) groups excluding carboxylic acids is 3. The smallest absolute Gasteiger partial charge is 0.242 e. The average Bonchev–Trinajstić information content (AvgIpc) is 2.45. The molecule has 1 spiro atoms. The van der Waals surface area contributed by atoms with Gasteiger partial charge in [-0.2, -0.15) is 0 Å². The van der Waals surface area contributed by atoms with Gasteiger partial charge in [-0.25, -0.2) is 5.43 Å². The molecule has 8 nitrogen and oxygen atoms in total. The van der Waals surface area contributed by atoms with E-state index in [1.807, 2.05) is 0 Å². The van der Waals surface area contributed by atoms with E-state index in [-0.39, 0.29) is 17.9 Å². The second kappa shape index (κ2) is 5.98. The Morgan fingerprint density at radius 3 is 2.52 bits per heavy atom. The molecule has 118 valence electrons. The van der Waals surface area contributed by atoms with Crippen LogP contribution in [0.25, 0.3) is 0 Å². The number of hydrogen-bond acceptors (Lipinski definition) is 5. The fourth-order valence-electron chi connectivity index (χ4n) is 3.16. The first kappa shape index (κ1) is 15.7. The average molecular weight is 298 g/mol. The third kappa shape index (κ3) is 3.01. The van der Waals surface area contributed by atoms with Crippen molar-refractivity contribution >= 4 is 17.7 Å². The number of likely N-dealkylation sites (tertiary alicyclic amines) is 1. The van der Waals surface area contributed by atoms with Gasteiger partial charge in [0.05, 0.1) is 12.0 Å². The highest BCUT2D eigenvalue weighted by molar-refractivity contribution is 5.94. The minimum absolute atomic E-state index is 0.0988. The van der Waals surface area contributed by atoms with Crippen molar-refractivity contribution < 1.29 is 19.5 Å². The van der Waals surface area contributed by atoms with Crippen LogP contribution < -0.4 is 16.6 Å². The molecular weight excluding hydrogens is 276 g/mol. The highest BCUT2D eigenvalue weighted by atomic mass is 16.3. The summed E-state index contributed by atoms with van der Waals surface area (Å²) < 4.78 is 0. The summed E-state index contributed by atoms with van der Waals surface area (Å²) in [6, 6.07) is -0.760. The number of β-lactam (4-membered cyclic amide) rings is 1. The van der Waals surface area contributed by atoms with Crippen LogP contribution in [0.1, 0.15) is 32.6 Å². The number of nitrogens with one attached hydrogen (secondary N) is 2. The van der Waals surface area contributed by atoms with Crippen molar-refractivity contribution in [3.63, 3.8) is 0 Å². The summed E-state index contributed by atoms with van der Waals surface area (Å²) in [4.78, 5) is 35.7. The molecule has 1 atom stereocenters. The number of hydrazine groups is 1. The Balaban J connectivity index is 1.87. The second-order valence-electron chi connectivity index (χ2n) is 5.91. The SMILES string of the molecule is CC(=O)NNC1CCC2(CC1)CN([C@@H](CO)C(N)=O)C2=O. The highest BCUT2D eigenvalue weighted by Gasteiger charge is 2.55. The number of rotatable bonds is 5. The Labute approximate surface area is 123 Å². The Morgan fingerprint density at radius 1 is 1.48 bits per heavy atom. The first-order valence-electron chi connectivity index (χ1n) is 7.13. The Bertz CT molecular complexity index is 445. The van der Waals surface area contributed by atoms with Crippen molar-refractivity contribution in [2.75, 3.05) is 13.2 Å². The maximum Gasteiger partial charge on any atom is 0.242 e. The summed E-state index contributed by atoms with van der Waals surface area (Å²) in [7, 11) is 0. The third-order valence-electron chi connectivity index (χ3n) is 4.46.